The number of carboxylic acid groups (broad SMARTS) is 1. The van der Waals surface area contributed by atoms with Crippen LogP contribution in [0.3, 0.4) is 0 Å². The number of nitrogens with zero attached hydrogens (tertiary/aromatic N) is 1. The van der Waals surface area contributed by atoms with Crippen LogP contribution in [-0.2, 0) is 14.3 Å². The lowest BCUT2D eigenvalue weighted by Gasteiger charge is -2.19. The van der Waals surface area contributed by atoms with Gasteiger partial charge in [0.2, 0.25) is 5.91 Å². The van der Waals surface area contributed by atoms with Gasteiger partial charge >= 0.3 is 11.9 Å². The number of rotatable bonds is 3. The van der Waals surface area contributed by atoms with Gasteiger partial charge in [-0.05, 0) is 12.1 Å². The van der Waals surface area contributed by atoms with E-state index in [0.717, 1.165) is 0 Å². The molecule has 7 nitrogen and oxygen atoms in total. The third kappa shape index (κ3) is 2.29. The fourth-order valence-corrected chi connectivity index (χ4v) is 2.24. The fourth-order valence-electron chi connectivity index (χ4n) is 2.24. The maximum Gasteiger partial charge on any atom is 0.337 e. The molecule has 1 heterocycles. The molecule has 1 saturated heterocycles. The summed E-state index contributed by atoms with van der Waals surface area (Å²) in [5.41, 5.74) is 6.04. The van der Waals surface area contributed by atoms with Crippen LogP contribution in [0.4, 0.5) is 11.4 Å². The molecule has 0 radical (unpaired) electrons. The van der Waals surface area contributed by atoms with E-state index in [1.807, 2.05) is 0 Å². The Kier molecular flexibility index (Phi) is 3.60. The Morgan fingerprint density at radius 3 is 2.75 bits per heavy atom. The summed E-state index contributed by atoms with van der Waals surface area (Å²) in [5, 5.41) is 9.02. The van der Waals surface area contributed by atoms with Crippen LogP contribution in [0.15, 0.2) is 18.2 Å². The van der Waals surface area contributed by atoms with Gasteiger partial charge in [-0.1, -0.05) is 6.07 Å². The van der Waals surface area contributed by atoms with E-state index in [2.05, 4.69) is 4.74 Å². The number of hydrogen-bond acceptors (Lipinski definition) is 5. The van der Waals surface area contributed by atoms with Crippen molar-refractivity contribution < 1.29 is 24.2 Å². The number of ether oxygens (including phenoxy) is 1. The Balaban J connectivity index is 2.33. The zero-order valence-electron chi connectivity index (χ0n) is 10.8. The molecular formula is C13H14N2O5. The van der Waals surface area contributed by atoms with Crippen molar-refractivity contribution >= 4 is 29.2 Å². The van der Waals surface area contributed by atoms with Crippen molar-refractivity contribution in [3.05, 3.63) is 23.8 Å². The van der Waals surface area contributed by atoms with E-state index < -0.39 is 17.9 Å². The van der Waals surface area contributed by atoms with Crippen molar-refractivity contribution in [1.82, 2.24) is 0 Å². The van der Waals surface area contributed by atoms with Gasteiger partial charge in [0.15, 0.2) is 0 Å². The van der Waals surface area contributed by atoms with E-state index in [1.54, 1.807) is 6.07 Å². The van der Waals surface area contributed by atoms with Gasteiger partial charge < -0.3 is 20.5 Å². The second-order valence-corrected chi connectivity index (χ2v) is 4.47. The van der Waals surface area contributed by atoms with Crippen molar-refractivity contribution in [3.8, 4) is 0 Å². The Labute approximate surface area is 114 Å². The fraction of sp³-hybridized carbons (Fsp3) is 0.308. The number of hydrogen-bond donors (Lipinski definition) is 2. The van der Waals surface area contributed by atoms with E-state index in [0.29, 0.717) is 5.69 Å². The lowest BCUT2D eigenvalue weighted by Crippen LogP contribution is -2.27. The number of carboxylic acids is 1. The minimum Gasteiger partial charge on any atom is -0.478 e. The van der Waals surface area contributed by atoms with Crippen LogP contribution in [0, 0.1) is 5.92 Å². The van der Waals surface area contributed by atoms with Crippen LogP contribution in [0.25, 0.3) is 0 Å². The number of amides is 1. The number of nitrogens with two attached hydrogens (primary N) is 1. The van der Waals surface area contributed by atoms with Crippen LogP contribution in [0.1, 0.15) is 16.8 Å². The van der Waals surface area contributed by atoms with Crippen molar-refractivity contribution in [2.45, 2.75) is 6.42 Å². The number of para-hydroxylation sites is 1. The summed E-state index contributed by atoms with van der Waals surface area (Å²) in [4.78, 5) is 35.8. The first-order valence-corrected chi connectivity index (χ1v) is 5.95. The predicted molar refractivity (Wildman–Crippen MR) is 70.3 cm³/mol. The van der Waals surface area contributed by atoms with Crippen LogP contribution in [0.5, 0.6) is 0 Å². The molecule has 1 aliphatic heterocycles. The number of nitrogen functional groups attached to an aromatic ring is 1. The van der Waals surface area contributed by atoms with Crippen molar-refractivity contribution in [2.75, 3.05) is 24.3 Å². The van der Waals surface area contributed by atoms with Gasteiger partial charge in [0.05, 0.1) is 30.0 Å². The third-order valence-electron chi connectivity index (χ3n) is 3.26. The second-order valence-electron chi connectivity index (χ2n) is 4.47. The van der Waals surface area contributed by atoms with Gasteiger partial charge in [-0.15, -0.1) is 0 Å². The van der Waals surface area contributed by atoms with E-state index in [1.165, 1.54) is 24.1 Å². The molecule has 0 spiro atoms. The number of benzene rings is 1. The summed E-state index contributed by atoms with van der Waals surface area (Å²) in [5.74, 6) is -2.47. The molecule has 20 heavy (non-hydrogen) atoms. The van der Waals surface area contributed by atoms with Gasteiger partial charge in [-0.25, -0.2) is 4.79 Å². The first kappa shape index (κ1) is 13.9. The molecule has 106 valence electrons. The zero-order chi connectivity index (χ0) is 14.9. The standard InChI is InChI=1S/C13H14N2O5/c1-20-13(19)7-5-10(16)15(6-7)9-4-2-3-8(11(9)14)12(17)18/h2-4,7H,5-6,14H2,1H3,(H,17,18). The molecule has 0 saturated carbocycles. The quantitative estimate of drug-likeness (QED) is 0.615. The van der Waals surface area contributed by atoms with Gasteiger partial charge in [-0.2, -0.15) is 0 Å². The molecule has 1 fully saturated rings. The molecule has 1 amide bonds. The van der Waals surface area contributed by atoms with Crippen molar-refractivity contribution in [3.63, 3.8) is 0 Å². The SMILES string of the molecule is COC(=O)C1CC(=O)N(c2cccc(C(=O)O)c2N)C1. The summed E-state index contributed by atoms with van der Waals surface area (Å²) in [6.07, 6.45) is 0.0312. The number of anilines is 2. The number of aromatic carboxylic acids is 1. The first-order chi connectivity index (χ1) is 9.45. The molecule has 0 aliphatic carbocycles. The lowest BCUT2D eigenvalue weighted by molar-refractivity contribution is -0.145. The van der Waals surface area contributed by atoms with Gasteiger partial charge in [0.1, 0.15) is 0 Å². The molecule has 3 N–H and O–H groups in total. The molecule has 2 rings (SSSR count). The normalized spacial score (nSPS) is 18.1. The summed E-state index contributed by atoms with van der Waals surface area (Å²) < 4.78 is 4.62. The molecule has 1 aliphatic rings. The van der Waals surface area contributed by atoms with E-state index in [-0.39, 0.29) is 30.1 Å². The molecule has 1 aromatic carbocycles. The molecule has 0 aromatic heterocycles. The molecule has 0 bridgehead atoms. The molecule has 1 aromatic rings. The minimum atomic E-state index is -1.17. The van der Waals surface area contributed by atoms with Crippen LogP contribution in [-0.4, -0.2) is 36.6 Å². The highest BCUT2D eigenvalue weighted by atomic mass is 16.5. The van der Waals surface area contributed by atoms with Gasteiger partial charge in [0, 0.05) is 13.0 Å². The van der Waals surface area contributed by atoms with Crippen LogP contribution in [0.2, 0.25) is 0 Å². The summed E-state index contributed by atoms with van der Waals surface area (Å²) in [7, 11) is 1.26. The van der Waals surface area contributed by atoms with Crippen molar-refractivity contribution in [2.24, 2.45) is 5.92 Å². The Morgan fingerprint density at radius 1 is 1.45 bits per heavy atom. The Bertz CT molecular complexity index is 584. The van der Waals surface area contributed by atoms with Crippen molar-refractivity contribution in [1.29, 1.82) is 0 Å². The predicted octanol–water partition coefficient (Wildman–Crippen LogP) is 0.493. The molecule has 7 heteroatoms. The van der Waals surface area contributed by atoms with E-state index >= 15 is 0 Å². The van der Waals surface area contributed by atoms with Crippen LogP contribution < -0.4 is 10.6 Å². The first-order valence-electron chi connectivity index (χ1n) is 5.95. The molecule has 1 atom stereocenters. The van der Waals surface area contributed by atoms with Gasteiger partial charge in [0.25, 0.3) is 0 Å². The smallest absolute Gasteiger partial charge is 0.337 e. The monoisotopic (exact) mass is 278 g/mol. The Hall–Kier alpha value is -2.57. The third-order valence-corrected chi connectivity index (χ3v) is 3.26. The highest BCUT2D eigenvalue weighted by molar-refractivity contribution is 6.05. The number of methoxy groups -OCH3 is 1. The summed E-state index contributed by atoms with van der Waals surface area (Å²) >= 11 is 0. The maximum absolute atomic E-state index is 12.0. The van der Waals surface area contributed by atoms with Gasteiger partial charge in [-0.3, -0.25) is 9.59 Å². The van der Waals surface area contributed by atoms with E-state index in [9.17, 15) is 14.4 Å². The average Bonchev–Trinajstić information content (AvgIpc) is 2.79. The topological polar surface area (TPSA) is 110 Å². The molecular weight excluding hydrogens is 264 g/mol. The largest absolute Gasteiger partial charge is 0.478 e. The number of esters is 1. The minimum absolute atomic E-state index is 0.0128. The molecule has 1 unspecified atom stereocenters. The summed E-state index contributed by atoms with van der Waals surface area (Å²) in [6.45, 7) is 0.138. The van der Waals surface area contributed by atoms with E-state index in [4.69, 9.17) is 10.8 Å². The maximum atomic E-state index is 12.0. The second kappa shape index (κ2) is 5.20. The summed E-state index contributed by atoms with van der Waals surface area (Å²) in [6, 6.07) is 4.42. The lowest BCUT2D eigenvalue weighted by atomic mass is 10.1. The number of carbonyl (C=O) groups excluding carboxylic acids is 2. The highest BCUT2D eigenvalue weighted by Gasteiger charge is 2.36. The van der Waals surface area contributed by atoms with Crippen LogP contribution >= 0.6 is 0 Å². The Morgan fingerprint density at radius 2 is 2.15 bits per heavy atom. The highest BCUT2D eigenvalue weighted by Crippen LogP contribution is 2.32. The number of carbonyl (C=O) groups is 3. The zero-order valence-corrected chi connectivity index (χ0v) is 10.8. The average molecular weight is 278 g/mol.